The van der Waals surface area contributed by atoms with Gasteiger partial charge in [-0.3, -0.25) is 4.79 Å². The number of hydrogen-bond donors (Lipinski definition) is 2. The first-order valence-corrected chi connectivity index (χ1v) is 8.88. The number of nitrogens with zero attached hydrogens (tertiary/aromatic N) is 2. The van der Waals surface area contributed by atoms with Crippen molar-refractivity contribution in [1.29, 1.82) is 0 Å². The Labute approximate surface area is 152 Å². The average Bonchev–Trinajstić information content (AvgIpc) is 2.67. The summed E-state index contributed by atoms with van der Waals surface area (Å²) >= 11 is 5.87. The molecule has 1 aliphatic heterocycles. The van der Waals surface area contributed by atoms with E-state index in [1.54, 1.807) is 6.20 Å². The van der Waals surface area contributed by atoms with Crippen LogP contribution < -0.4 is 10.2 Å². The Bertz CT molecular complexity index is 686. The molecule has 25 heavy (non-hydrogen) atoms. The minimum atomic E-state index is -0.677. The Morgan fingerprint density at radius 3 is 2.60 bits per heavy atom. The lowest BCUT2D eigenvalue weighted by Crippen LogP contribution is -2.41. The maximum Gasteiger partial charge on any atom is 0.223 e. The van der Waals surface area contributed by atoms with E-state index < -0.39 is 6.10 Å². The van der Waals surface area contributed by atoms with Crippen LogP contribution in [0.1, 0.15) is 24.5 Å². The molecule has 2 N–H and O–H groups in total. The highest BCUT2D eigenvalue weighted by molar-refractivity contribution is 6.30. The first-order chi connectivity index (χ1) is 12.1. The molecule has 1 aromatic carbocycles. The number of rotatable bonds is 5. The molecule has 0 bridgehead atoms. The van der Waals surface area contributed by atoms with Crippen molar-refractivity contribution in [2.75, 3.05) is 24.5 Å². The zero-order chi connectivity index (χ0) is 17.6. The number of carbonyl (C=O) groups excluding carboxylic acids is 1. The molecule has 0 unspecified atom stereocenters. The lowest BCUT2D eigenvalue weighted by atomic mass is 9.95. The Morgan fingerprint density at radius 2 is 1.96 bits per heavy atom. The van der Waals surface area contributed by atoms with Crippen LogP contribution in [-0.4, -0.2) is 35.6 Å². The van der Waals surface area contributed by atoms with Gasteiger partial charge in [-0.15, -0.1) is 0 Å². The molecule has 1 atom stereocenters. The van der Waals surface area contributed by atoms with Gasteiger partial charge in [-0.1, -0.05) is 41.9 Å². The zero-order valence-corrected chi connectivity index (χ0v) is 14.7. The van der Waals surface area contributed by atoms with Gasteiger partial charge in [-0.25, -0.2) is 4.98 Å². The third-order valence-corrected chi connectivity index (χ3v) is 4.78. The van der Waals surface area contributed by atoms with Crippen LogP contribution >= 0.6 is 11.6 Å². The minimum absolute atomic E-state index is 0.0127. The van der Waals surface area contributed by atoms with Crippen molar-refractivity contribution in [1.82, 2.24) is 10.3 Å². The van der Waals surface area contributed by atoms with Gasteiger partial charge in [0, 0.05) is 31.7 Å². The second kappa shape index (κ2) is 8.32. The number of amides is 1. The van der Waals surface area contributed by atoms with Gasteiger partial charge in [0.1, 0.15) is 5.82 Å². The van der Waals surface area contributed by atoms with Gasteiger partial charge in [0.25, 0.3) is 0 Å². The Hall–Kier alpha value is -2.11. The van der Waals surface area contributed by atoms with E-state index in [1.165, 1.54) is 0 Å². The largest absolute Gasteiger partial charge is 0.387 e. The molecule has 132 valence electrons. The summed E-state index contributed by atoms with van der Waals surface area (Å²) < 4.78 is 0. The lowest BCUT2D eigenvalue weighted by molar-refractivity contribution is -0.126. The van der Waals surface area contributed by atoms with Gasteiger partial charge in [0.15, 0.2) is 0 Å². The SMILES string of the molecule is O=C(NC[C@H](O)c1ccccc1)C1CCN(c2ccc(Cl)cn2)CC1. The van der Waals surface area contributed by atoms with Crippen molar-refractivity contribution in [3.05, 3.63) is 59.2 Å². The summed E-state index contributed by atoms with van der Waals surface area (Å²) in [5.41, 5.74) is 0.812. The quantitative estimate of drug-likeness (QED) is 0.861. The van der Waals surface area contributed by atoms with Crippen molar-refractivity contribution < 1.29 is 9.90 Å². The predicted molar refractivity (Wildman–Crippen MR) is 98.6 cm³/mol. The Morgan fingerprint density at radius 1 is 1.24 bits per heavy atom. The first-order valence-electron chi connectivity index (χ1n) is 8.50. The van der Waals surface area contributed by atoms with E-state index >= 15 is 0 Å². The monoisotopic (exact) mass is 359 g/mol. The summed E-state index contributed by atoms with van der Waals surface area (Å²) in [7, 11) is 0. The smallest absolute Gasteiger partial charge is 0.223 e. The number of halogens is 1. The van der Waals surface area contributed by atoms with Gasteiger partial charge >= 0.3 is 0 Å². The summed E-state index contributed by atoms with van der Waals surface area (Å²) in [5, 5.41) is 13.6. The van der Waals surface area contributed by atoms with Crippen molar-refractivity contribution in [3.8, 4) is 0 Å². The molecule has 3 rings (SSSR count). The summed E-state index contributed by atoms with van der Waals surface area (Å²) in [6.07, 6.45) is 2.51. The van der Waals surface area contributed by atoms with Gasteiger partial charge < -0.3 is 15.3 Å². The van der Waals surface area contributed by atoms with Crippen LogP contribution in [0.4, 0.5) is 5.82 Å². The molecule has 1 fully saturated rings. The highest BCUT2D eigenvalue weighted by Crippen LogP contribution is 2.23. The Balaban J connectivity index is 1.46. The van der Waals surface area contributed by atoms with E-state index in [9.17, 15) is 9.90 Å². The second-order valence-electron chi connectivity index (χ2n) is 6.27. The maximum atomic E-state index is 12.3. The number of aliphatic hydroxyl groups excluding tert-OH is 1. The fourth-order valence-electron chi connectivity index (χ4n) is 3.06. The summed E-state index contributed by atoms with van der Waals surface area (Å²) in [4.78, 5) is 18.8. The maximum absolute atomic E-state index is 12.3. The molecule has 2 heterocycles. The van der Waals surface area contributed by atoms with Crippen LogP contribution in [-0.2, 0) is 4.79 Å². The van der Waals surface area contributed by atoms with Crippen LogP contribution in [0.15, 0.2) is 48.7 Å². The topological polar surface area (TPSA) is 65.5 Å². The van der Waals surface area contributed by atoms with Crippen molar-refractivity contribution in [3.63, 3.8) is 0 Å². The number of aromatic nitrogens is 1. The van der Waals surface area contributed by atoms with E-state index in [-0.39, 0.29) is 18.4 Å². The number of nitrogens with one attached hydrogen (secondary N) is 1. The number of aliphatic hydroxyl groups is 1. The molecule has 1 amide bonds. The Kier molecular flexibility index (Phi) is 5.89. The molecule has 1 aliphatic rings. The van der Waals surface area contributed by atoms with Gasteiger partial charge in [-0.05, 0) is 30.5 Å². The third-order valence-electron chi connectivity index (χ3n) is 4.56. The molecule has 0 saturated carbocycles. The number of carbonyl (C=O) groups is 1. The molecular formula is C19H22ClN3O2. The summed E-state index contributed by atoms with van der Waals surface area (Å²) in [6, 6.07) is 13.1. The third kappa shape index (κ3) is 4.71. The second-order valence-corrected chi connectivity index (χ2v) is 6.70. The van der Waals surface area contributed by atoms with Crippen molar-refractivity contribution in [2.24, 2.45) is 5.92 Å². The van der Waals surface area contributed by atoms with Crippen LogP contribution in [0.2, 0.25) is 5.02 Å². The molecule has 1 aromatic heterocycles. The van der Waals surface area contributed by atoms with Crippen LogP contribution in [0.3, 0.4) is 0 Å². The molecule has 0 aliphatic carbocycles. The molecule has 0 radical (unpaired) electrons. The number of piperidine rings is 1. The first kappa shape index (κ1) is 17.7. The van der Waals surface area contributed by atoms with Crippen molar-refractivity contribution in [2.45, 2.75) is 18.9 Å². The number of benzene rings is 1. The number of hydrogen-bond acceptors (Lipinski definition) is 4. The summed E-state index contributed by atoms with van der Waals surface area (Å²) in [5.74, 6) is 0.882. The average molecular weight is 360 g/mol. The molecule has 2 aromatic rings. The van der Waals surface area contributed by atoms with E-state index in [0.29, 0.717) is 5.02 Å². The zero-order valence-electron chi connectivity index (χ0n) is 13.9. The predicted octanol–water partition coefficient (Wildman–Crippen LogP) is 2.80. The van der Waals surface area contributed by atoms with Gasteiger partial charge in [-0.2, -0.15) is 0 Å². The fourth-order valence-corrected chi connectivity index (χ4v) is 3.17. The number of pyridine rings is 1. The lowest BCUT2D eigenvalue weighted by Gasteiger charge is -2.32. The van der Waals surface area contributed by atoms with E-state index in [2.05, 4.69) is 15.2 Å². The van der Waals surface area contributed by atoms with Crippen LogP contribution in [0.25, 0.3) is 0 Å². The molecular weight excluding hydrogens is 338 g/mol. The fraction of sp³-hybridized carbons (Fsp3) is 0.368. The molecule has 1 saturated heterocycles. The van der Waals surface area contributed by atoms with Crippen molar-refractivity contribution >= 4 is 23.3 Å². The normalized spacial score (nSPS) is 16.5. The van der Waals surface area contributed by atoms with E-state index in [4.69, 9.17) is 11.6 Å². The standard InChI is InChI=1S/C19H22ClN3O2/c20-16-6-7-18(21-12-16)23-10-8-15(9-11-23)19(25)22-13-17(24)14-4-2-1-3-5-14/h1-7,12,15,17,24H,8-11,13H2,(H,22,25)/t17-/m0/s1. The molecule has 5 nitrogen and oxygen atoms in total. The molecule has 6 heteroatoms. The van der Waals surface area contributed by atoms with E-state index in [0.717, 1.165) is 37.3 Å². The number of anilines is 1. The molecule has 0 spiro atoms. The van der Waals surface area contributed by atoms with Crippen LogP contribution in [0.5, 0.6) is 0 Å². The van der Waals surface area contributed by atoms with Crippen LogP contribution in [0, 0.1) is 5.92 Å². The van der Waals surface area contributed by atoms with Gasteiger partial charge in [0.2, 0.25) is 5.91 Å². The minimum Gasteiger partial charge on any atom is -0.387 e. The summed E-state index contributed by atoms with van der Waals surface area (Å²) in [6.45, 7) is 1.81. The van der Waals surface area contributed by atoms with E-state index in [1.807, 2.05) is 42.5 Å². The highest BCUT2D eigenvalue weighted by Gasteiger charge is 2.25. The highest BCUT2D eigenvalue weighted by atomic mass is 35.5. The van der Waals surface area contributed by atoms with Gasteiger partial charge in [0.05, 0.1) is 11.1 Å².